The summed E-state index contributed by atoms with van der Waals surface area (Å²) < 4.78 is 32.3. The van der Waals surface area contributed by atoms with Crippen LogP contribution in [-0.4, -0.2) is 89.3 Å². The number of rotatable bonds is 7. The monoisotopic (exact) mass is 522 g/mol. The highest BCUT2D eigenvalue weighted by atomic mass is 16.7. The standard InChI is InChI=1S/C24H26O13/c1-32-13-4-9(10-8-35-12-6-11(26)22(33-2)19(29)16(12)17(10)27)5-14(23(13)34-3)36-24-21(31)20(30)18(28)15(7-25)37-24/h4-6,8,15,18,20-21,24-26,28-31H,7H2,1-3H3/t15-,18-,20+,21-,24-/m1/s1. The molecule has 1 saturated heterocycles. The van der Waals surface area contributed by atoms with Crippen molar-refractivity contribution in [3.8, 4) is 45.6 Å². The average Bonchev–Trinajstić information content (AvgIpc) is 2.88. The van der Waals surface area contributed by atoms with E-state index in [0.717, 1.165) is 12.3 Å². The maximum Gasteiger partial charge on any atom is 0.229 e. The van der Waals surface area contributed by atoms with Crippen molar-refractivity contribution in [3.63, 3.8) is 0 Å². The van der Waals surface area contributed by atoms with Crippen LogP contribution in [0.2, 0.25) is 0 Å². The first-order valence-electron chi connectivity index (χ1n) is 10.9. The largest absolute Gasteiger partial charge is 0.504 e. The first-order chi connectivity index (χ1) is 17.7. The summed E-state index contributed by atoms with van der Waals surface area (Å²) >= 11 is 0. The van der Waals surface area contributed by atoms with E-state index in [0.29, 0.717) is 0 Å². The highest BCUT2D eigenvalue weighted by molar-refractivity contribution is 5.91. The van der Waals surface area contributed by atoms with E-state index >= 15 is 0 Å². The van der Waals surface area contributed by atoms with Gasteiger partial charge < -0.3 is 58.7 Å². The molecule has 0 saturated carbocycles. The Bertz CT molecular complexity index is 1350. The lowest BCUT2D eigenvalue weighted by molar-refractivity contribution is -0.277. The number of methoxy groups -OCH3 is 3. The number of ether oxygens (including phenoxy) is 5. The van der Waals surface area contributed by atoms with Crippen LogP contribution in [0.5, 0.6) is 34.5 Å². The molecule has 37 heavy (non-hydrogen) atoms. The van der Waals surface area contributed by atoms with Crippen molar-refractivity contribution in [2.75, 3.05) is 27.9 Å². The lowest BCUT2D eigenvalue weighted by Gasteiger charge is -2.39. The number of benzene rings is 2. The molecule has 2 heterocycles. The fraction of sp³-hybridized carbons (Fsp3) is 0.375. The molecule has 5 atom stereocenters. The predicted molar refractivity (Wildman–Crippen MR) is 125 cm³/mol. The van der Waals surface area contributed by atoms with Gasteiger partial charge in [0.2, 0.25) is 23.2 Å². The number of aliphatic hydroxyl groups is 4. The van der Waals surface area contributed by atoms with E-state index in [1.807, 2.05) is 0 Å². The Labute approximate surface area is 209 Å². The lowest BCUT2D eigenvalue weighted by atomic mass is 9.99. The topological polar surface area (TPSA) is 198 Å². The first kappa shape index (κ1) is 26.3. The zero-order valence-electron chi connectivity index (χ0n) is 19.9. The van der Waals surface area contributed by atoms with Gasteiger partial charge in [-0.3, -0.25) is 4.79 Å². The maximum absolute atomic E-state index is 13.4. The normalized spacial score (nSPS) is 23.6. The molecule has 2 aromatic carbocycles. The second kappa shape index (κ2) is 10.3. The zero-order chi connectivity index (χ0) is 27.0. The number of aromatic hydroxyl groups is 2. The van der Waals surface area contributed by atoms with E-state index in [2.05, 4.69) is 0 Å². The molecule has 1 aliphatic rings. The van der Waals surface area contributed by atoms with Crippen LogP contribution in [0.4, 0.5) is 0 Å². The Morgan fingerprint density at radius 3 is 2.19 bits per heavy atom. The van der Waals surface area contributed by atoms with Gasteiger partial charge in [0.1, 0.15) is 41.6 Å². The first-order valence-corrected chi connectivity index (χ1v) is 10.9. The zero-order valence-corrected chi connectivity index (χ0v) is 19.9. The summed E-state index contributed by atoms with van der Waals surface area (Å²) in [6, 6.07) is 3.91. The quantitative estimate of drug-likeness (QED) is 0.244. The van der Waals surface area contributed by atoms with Gasteiger partial charge in [0.25, 0.3) is 0 Å². The Morgan fingerprint density at radius 1 is 0.892 bits per heavy atom. The fourth-order valence-corrected chi connectivity index (χ4v) is 4.10. The smallest absolute Gasteiger partial charge is 0.229 e. The fourth-order valence-electron chi connectivity index (χ4n) is 4.10. The number of aliphatic hydroxyl groups excluding tert-OH is 4. The molecule has 200 valence electrons. The highest BCUT2D eigenvalue weighted by Crippen LogP contribution is 2.44. The summed E-state index contributed by atoms with van der Waals surface area (Å²) in [6.45, 7) is -0.661. The minimum atomic E-state index is -1.71. The Balaban J connectivity index is 1.84. The number of fused-ring (bicyclic) bond motifs is 1. The molecule has 1 fully saturated rings. The van der Waals surface area contributed by atoms with E-state index < -0.39 is 54.2 Å². The predicted octanol–water partition coefficient (Wildman–Crippen LogP) is 0.0757. The van der Waals surface area contributed by atoms with E-state index in [4.69, 9.17) is 28.1 Å². The van der Waals surface area contributed by atoms with Crippen molar-refractivity contribution in [2.24, 2.45) is 0 Å². The summed E-state index contributed by atoms with van der Waals surface area (Å²) in [5.74, 6) is -1.30. The van der Waals surface area contributed by atoms with Gasteiger partial charge in [0.05, 0.1) is 33.5 Å². The Hall–Kier alpha value is -3.75. The van der Waals surface area contributed by atoms with Gasteiger partial charge in [-0.2, -0.15) is 0 Å². The van der Waals surface area contributed by atoms with Crippen molar-refractivity contribution in [1.82, 2.24) is 0 Å². The van der Waals surface area contributed by atoms with E-state index in [-0.39, 0.29) is 45.1 Å². The second-order valence-corrected chi connectivity index (χ2v) is 8.15. The summed E-state index contributed by atoms with van der Waals surface area (Å²) in [7, 11) is 3.86. The lowest BCUT2D eigenvalue weighted by Crippen LogP contribution is -2.60. The third kappa shape index (κ3) is 4.47. The summed E-state index contributed by atoms with van der Waals surface area (Å²) in [4.78, 5) is 13.4. The van der Waals surface area contributed by atoms with Gasteiger partial charge in [-0.25, -0.2) is 0 Å². The second-order valence-electron chi connectivity index (χ2n) is 8.15. The van der Waals surface area contributed by atoms with Gasteiger partial charge in [-0.05, 0) is 17.7 Å². The molecule has 6 N–H and O–H groups in total. The van der Waals surface area contributed by atoms with Crippen LogP contribution >= 0.6 is 0 Å². The van der Waals surface area contributed by atoms with Gasteiger partial charge in [0, 0.05) is 6.07 Å². The number of phenols is 2. The third-order valence-electron chi connectivity index (χ3n) is 6.03. The van der Waals surface area contributed by atoms with Gasteiger partial charge in [-0.15, -0.1) is 0 Å². The molecule has 0 unspecified atom stereocenters. The molecule has 0 radical (unpaired) electrons. The van der Waals surface area contributed by atoms with E-state index in [9.17, 15) is 35.4 Å². The van der Waals surface area contributed by atoms with Crippen LogP contribution in [0.1, 0.15) is 0 Å². The molecular formula is C24H26O13. The molecule has 13 heteroatoms. The molecule has 1 aromatic heterocycles. The van der Waals surface area contributed by atoms with Gasteiger partial charge in [0.15, 0.2) is 23.0 Å². The summed E-state index contributed by atoms with van der Waals surface area (Å²) in [6.07, 6.45) is -6.65. The van der Waals surface area contributed by atoms with Crippen LogP contribution in [0.3, 0.4) is 0 Å². The number of hydrogen-bond donors (Lipinski definition) is 6. The highest BCUT2D eigenvalue weighted by Gasteiger charge is 2.45. The summed E-state index contributed by atoms with van der Waals surface area (Å²) in [5, 5.41) is 60.2. The molecule has 0 bridgehead atoms. The molecule has 13 nitrogen and oxygen atoms in total. The molecule has 0 aliphatic carbocycles. The molecule has 4 rings (SSSR count). The molecule has 3 aromatic rings. The minimum Gasteiger partial charge on any atom is -0.504 e. The minimum absolute atomic E-state index is 0.0443. The maximum atomic E-state index is 13.4. The average molecular weight is 522 g/mol. The van der Waals surface area contributed by atoms with Crippen LogP contribution < -0.4 is 24.4 Å². The summed E-state index contributed by atoms with van der Waals surface area (Å²) in [5.41, 5.74) is -0.639. The SMILES string of the molecule is COc1cc(-c2coc3cc(O)c(OC)c(O)c3c2=O)cc(O[C@@H]2O[C@H](CO)[C@@H](O)[C@H](O)[C@H]2O)c1OC. The van der Waals surface area contributed by atoms with Crippen LogP contribution in [0.25, 0.3) is 22.1 Å². The van der Waals surface area contributed by atoms with Gasteiger partial charge >= 0.3 is 0 Å². The Kier molecular flexibility index (Phi) is 7.34. The van der Waals surface area contributed by atoms with Crippen molar-refractivity contribution in [2.45, 2.75) is 30.7 Å². The van der Waals surface area contributed by atoms with Crippen LogP contribution in [-0.2, 0) is 4.74 Å². The number of hydrogen-bond acceptors (Lipinski definition) is 13. The molecule has 1 aliphatic heterocycles. The van der Waals surface area contributed by atoms with Crippen molar-refractivity contribution < 1.29 is 58.7 Å². The molecule has 0 amide bonds. The van der Waals surface area contributed by atoms with E-state index in [1.54, 1.807) is 0 Å². The van der Waals surface area contributed by atoms with Crippen molar-refractivity contribution in [3.05, 3.63) is 34.7 Å². The van der Waals surface area contributed by atoms with E-state index in [1.165, 1.54) is 33.5 Å². The van der Waals surface area contributed by atoms with Gasteiger partial charge in [-0.1, -0.05) is 0 Å². The number of phenolic OH excluding ortho intramolecular Hbond substituents is 2. The molecule has 0 spiro atoms. The Morgan fingerprint density at radius 2 is 1.57 bits per heavy atom. The van der Waals surface area contributed by atoms with Crippen molar-refractivity contribution in [1.29, 1.82) is 0 Å². The van der Waals surface area contributed by atoms with Crippen LogP contribution in [0, 0.1) is 0 Å². The van der Waals surface area contributed by atoms with Crippen molar-refractivity contribution >= 4 is 11.0 Å². The van der Waals surface area contributed by atoms with Crippen LogP contribution in [0.15, 0.2) is 33.7 Å². The third-order valence-corrected chi connectivity index (χ3v) is 6.03. The molecular weight excluding hydrogens is 496 g/mol.